The minimum Gasteiger partial charge on any atom is -0.480 e. The number of carbonyl (C=O) groups is 2. The number of aliphatic carboxylic acids is 1. The molecule has 3 rings (SSSR count). The summed E-state index contributed by atoms with van der Waals surface area (Å²) in [5.74, 6) is -1.64. The Kier molecular flexibility index (Phi) is 7.64. The number of nitrogen functional groups attached to an aromatic ring is 2. The standard InChI is InChI=1S/C24H29N7O3/c25-10-2-1-3-18(24(33)34)30-20(32)12-17-16-9-8-15(23(28)29)11-19(16)31-21(17)13-4-6-14(7-5-13)22(26)27/h4-9,11,18,31H,1-3,10,12,25H2,(H3,26,27)(H3,28,29)(H,30,32)(H,33,34). The van der Waals surface area contributed by atoms with Crippen molar-refractivity contribution in [2.45, 2.75) is 31.7 Å². The molecule has 0 bridgehead atoms. The Morgan fingerprint density at radius 2 is 1.65 bits per heavy atom. The molecule has 178 valence electrons. The molecule has 2 aromatic carbocycles. The van der Waals surface area contributed by atoms with Crippen LogP contribution in [0.15, 0.2) is 42.5 Å². The molecule has 0 aliphatic rings. The van der Waals surface area contributed by atoms with E-state index < -0.39 is 17.9 Å². The maximum absolute atomic E-state index is 12.9. The first kappa shape index (κ1) is 24.5. The summed E-state index contributed by atoms with van der Waals surface area (Å²) in [6.45, 7) is 0.462. The van der Waals surface area contributed by atoms with Gasteiger partial charge in [0.05, 0.1) is 12.1 Å². The zero-order valence-electron chi connectivity index (χ0n) is 18.7. The van der Waals surface area contributed by atoms with Gasteiger partial charge in [-0.2, -0.15) is 0 Å². The van der Waals surface area contributed by atoms with Gasteiger partial charge in [0.25, 0.3) is 0 Å². The number of H-pyrrole nitrogens is 1. The monoisotopic (exact) mass is 463 g/mol. The molecule has 0 saturated heterocycles. The van der Waals surface area contributed by atoms with E-state index in [4.69, 9.17) is 28.0 Å². The molecule has 0 fully saturated rings. The number of nitrogens with two attached hydrogens (primary N) is 3. The predicted molar refractivity (Wildman–Crippen MR) is 132 cm³/mol. The van der Waals surface area contributed by atoms with Gasteiger partial charge in [0.1, 0.15) is 17.7 Å². The van der Waals surface area contributed by atoms with E-state index in [1.165, 1.54) is 0 Å². The van der Waals surface area contributed by atoms with E-state index in [9.17, 15) is 14.7 Å². The Labute approximate surface area is 196 Å². The highest BCUT2D eigenvalue weighted by Crippen LogP contribution is 2.31. The van der Waals surface area contributed by atoms with Crippen molar-refractivity contribution in [3.05, 3.63) is 59.2 Å². The van der Waals surface area contributed by atoms with Crippen LogP contribution in [-0.4, -0.2) is 46.2 Å². The number of aromatic amines is 1. The highest BCUT2D eigenvalue weighted by atomic mass is 16.4. The molecular formula is C24H29N7O3. The molecule has 10 heteroatoms. The maximum Gasteiger partial charge on any atom is 0.326 e. The highest BCUT2D eigenvalue weighted by molar-refractivity contribution is 6.02. The fourth-order valence-electron chi connectivity index (χ4n) is 3.83. The first-order chi connectivity index (χ1) is 16.2. The fourth-order valence-corrected chi connectivity index (χ4v) is 3.83. The number of fused-ring (bicyclic) bond motifs is 1. The number of aromatic nitrogens is 1. The van der Waals surface area contributed by atoms with Gasteiger partial charge >= 0.3 is 5.97 Å². The Balaban J connectivity index is 1.97. The summed E-state index contributed by atoms with van der Waals surface area (Å²) >= 11 is 0. The van der Waals surface area contributed by atoms with Crippen molar-refractivity contribution in [2.24, 2.45) is 17.2 Å². The van der Waals surface area contributed by atoms with Crippen LogP contribution in [-0.2, 0) is 16.0 Å². The number of hydrogen-bond acceptors (Lipinski definition) is 5. The Morgan fingerprint density at radius 3 is 2.24 bits per heavy atom. The second kappa shape index (κ2) is 10.6. The van der Waals surface area contributed by atoms with Gasteiger partial charge in [0.15, 0.2) is 0 Å². The summed E-state index contributed by atoms with van der Waals surface area (Å²) in [5, 5.41) is 28.2. The zero-order chi connectivity index (χ0) is 24.8. The second-order valence-corrected chi connectivity index (χ2v) is 8.06. The first-order valence-electron chi connectivity index (χ1n) is 10.9. The molecule has 10 nitrogen and oxygen atoms in total. The van der Waals surface area contributed by atoms with Gasteiger partial charge in [-0.15, -0.1) is 0 Å². The van der Waals surface area contributed by atoms with Crippen molar-refractivity contribution in [3.8, 4) is 11.3 Å². The number of amidine groups is 2. The van der Waals surface area contributed by atoms with Crippen LogP contribution in [0.2, 0.25) is 0 Å². The molecule has 1 aromatic heterocycles. The molecule has 0 aliphatic carbocycles. The van der Waals surface area contributed by atoms with E-state index in [-0.39, 0.29) is 18.1 Å². The minimum absolute atomic E-state index is 0.0517. The summed E-state index contributed by atoms with van der Waals surface area (Å²) in [7, 11) is 0. The van der Waals surface area contributed by atoms with Crippen molar-refractivity contribution in [1.82, 2.24) is 10.3 Å². The van der Waals surface area contributed by atoms with Gasteiger partial charge in [-0.3, -0.25) is 15.6 Å². The third-order valence-corrected chi connectivity index (χ3v) is 5.62. The molecule has 0 saturated carbocycles. The van der Waals surface area contributed by atoms with Crippen LogP contribution in [0.25, 0.3) is 22.2 Å². The number of amides is 1. The summed E-state index contributed by atoms with van der Waals surface area (Å²) in [5.41, 5.74) is 20.6. The van der Waals surface area contributed by atoms with Crippen molar-refractivity contribution in [2.75, 3.05) is 6.54 Å². The Bertz CT molecular complexity index is 1230. The fraction of sp³-hybridized carbons (Fsp3) is 0.250. The van der Waals surface area contributed by atoms with Crippen LogP contribution in [0.3, 0.4) is 0 Å². The molecule has 0 aliphatic heterocycles. The summed E-state index contributed by atoms with van der Waals surface area (Å²) in [6.07, 6.45) is 1.53. The number of hydrogen-bond donors (Lipinski definition) is 8. The average molecular weight is 464 g/mol. The molecular weight excluding hydrogens is 434 g/mol. The van der Waals surface area contributed by atoms with E-state index in [1.54, 1.807) is 42.5 Å². The molecule has 1 amide bonds. The number of carboxylic acid groups (broad SMARTS) is 1. The lowest BCUT2D eigenvalue weighted by Gasteiger charge is -2.15. The normalized spacial score (nSPS) is 11.8. The van der Waals surface area contributed by atoms with Crippen LogP contribution < -0.4 is 22.5 Å². The zero-order valence-corrected chi connectivity index (χ0v) is 18.7. The predicted octanol–water partition coefficient (Wildman–Crippen LogP) is 1.64. The lowest BCUT2D eigenvalue weighted by Crippen LogP contribution is -2.41. The average Bonchev–Trinajstić information content (AvgIpc) is 3.15. The molecule has 1 heterocycles. The largest absolute Gasteiger partial charge is 0.480 e. The van der Waals surface area contributed by atoms with Crippen LogP contribution >= 0.6 is 0 Å². The third kappa shape index (κ3) is 5.59. The third-order valence-electron chi connectivity index (χ3n) is 5.62. The number of benzene rings is 2. The SMILES string of the molecule is N=C(N)c1ccc(-c2[nH]c3cc(C(=N)N)ccc3c2CC(=O)NC(CCCCN)C(=O)O)cc1. The smallest absolute Gasteiger partial charge is 0.326 e. The lowest BCUT2D eigenvalue weighted by molar-refractivity contribution is -0.142. The quantitative estimate of drug-likeness (QED) is 0.120. The number of rotatable bonds is 11. The van der Waals surface area contributed by atoms with Gasteiger partial charge < -0.3 is 32.6 Å². The van der Waals surface area contributed by atoms with Gasteiger partial charge in [-0.05, 0) is 43.0 Å². The second-order valence-electron chi connectivity index (χ2n) is 8.06. The van der Waals surface area contributed by atoms with E-state index in [0.29, 0.717) is 53.7 Å². The van der Waals surface area contributed by atoms with Gasteiger partial charge in [0.2, 0.25) is 5.91 Å². The van der Waals surface area contributed by atoms with Gasteiger partial charge in [-0.1, -0.05) is 36.4 Å². The number of carbonyl (C=O) groups excluding carboxylic acids is 1. The van der Waals surface area contributed by atoms with Gasteiger partial charge in [0, 0.05) is 22.0 Å². The van der Waals surface area contributed by atoms with Crippen LogP contribution in [0.5, 0.6) is 0 Å². The van der Waals surface area contributed by atoms with Crippen LogP contribution in [0.1, 0.15) is 36.0 Å². The van der Waals surface area contributed by atoms with Crippen molar-refractivity contribution in [1.29, 1.82) is 10.8 Å². The van der Waals surface area contributed by atoms with E-state index in [1.807, 2.05) is 0 Å². The molecule has 3 aromatic rings. The van der Waals surface area contributed by atoms with Gasteiger partial charge in [-0.25, -0.2) is 4.79 Å². The minimum atomic E-state index is -1.09. The van der Waals surface area contributed by atoms with Crippen molar-refractivity contribution in [3.63, 3.8) is 0 Å². The summed E-state index contributed by atoms with van der Waals surface area (Å²) in [6, 6.07) is 11.2. The Hall–Kier alpha value is -4.18. The van der Waals surface area contributed by atoms with E-state index in [2.05, 4.69) is 10.3 Å². The molecule has 1 atom stereocenters. The number of nitrogens with one attached hydrogen (secondary N) is 4. The molecule has 11 N–H and O–H groups in total. The molecule has 0 spiro atoms. The highest BCUT2D eigenvalue weighted by Gasteiger charge is 2.22. The summed E-state index contributed by atoms with van der Waals surface area (Å²) in [4.78, 5) is 27.8. The van der Waals surface area contributed by atoms with Crippen molar-refractivity contribution < 1.29 is 14.7 Å². The van der Waals surface area contributed by atoms with Crippen LogP contribution in [0.4, 0.5) is 0 Å². The molecule has 0 radical (unpaired) electrons. The van der Waals surface area contributed by atoms with Crippen LogP contribution in [0, 0.1) is 10.8 Å². The molecule has 1 unspecified atom stereocenters. The lowest BCUT2D eigenvalue weighted by atomic mass is 10.00. The summed E-state index contributed by atoms with van der Waals surface area (Å²) < 4.78 is 0. The number of carboxylic acids is 1. The first-order valence-corrected chi connectivity index (χ1v) is 10.9. The van der Waals surface area contributed by atoms with E-state index >= 15 is 0 Å². The number of unbranched alkanes of at least 4 members (excludes halogenated alkanes) is 1. The van der Waals surface area contributed by atoms with Crippen molar-refractivity contribution >= 4 is 34.5 Å². The van der Waals surface area contributed by atoms with E-state index in [0.717, 1.165) is 10.9 Å². The topological polar surface area (TPSA) is 208 Å². The maximum atomic E-state index is 12.9. The molecule has 34 heavy (non-hydrogen) atoms. The Morgan fingerprint density at radius 1 is 1.00 bits per heavy atom.